The highest BCUT2D eigenvalue weighted by Gasteiger charge is 2.31. The summed E-state index contributed by atoms with van der Waals surface area (Å²) in [6.45, 7) is 5.44. The van der Waals surface area contributed by atoms with Gasteiger partial charge in [0.05, 0.1) is 6.10 Å². The second-order valence-corrected chi connectivity index (χ2v) is 4.92. The average Bonchev–Trinajstić information content (AvgIpc) is 2.14. The molecule has 0 aromatic carbocycles. The van der Waals surface area contributed by atoms with Gasteiger partial charge in [-0.1, -0.05) is 13.3 Å². The zero-order chi connectivity index (χ0) is 9.97. The third-order valence-corrected chi connectivity index (χ3v) is 3.88. The molecule has 0 radical (unpaired) electrons. The van der Waals surface area contributed by atoms with Gasteiger partial charge in [-0.2, -0.15) is 0 Å². The summed E-state index contributed by atoms with van der Waals surface area (Å²) in [5.41, 5.74) is 0. The van der Waals surface area contributed by atoms with Crippen LogP contribution in [0.25, 0.3) is 0 Å². The second kappa shape index (κ2) is 4.63. The highest BCUT2D eigenvalue weighted by molar-refractivity contribution is 4.89. The Morgan fingerprint density at radius 3 is 2.71 bits per heavy atom. The molecule has 2 fully saturated rings. The molecule has 2 aliphatic rings. The lowest BCUT2D eigenvalue weighted by atomic mass is 9.77. The molecule has 1 heterocycles. The van der Waals surface area contributed by atoms with Gasteiger partial charge in [0.1, 0.15) is 0 Å². The maximum Gasteiger partial charge on any atom is 0.0561 e. The van der Waals surface area contributed by atoms with E-state index in [-0.39, 0.29) is 0 Å². The van der Waals surface area contributed by atoms with E-state index in [0.29, 0.717) is 6.10 Å². The quantitative estimate of drug-likeness (QED) is 0.750. The Morgan fingerprint density at radius 2 is 2.14 bits per heavy atom. The largest absolute Gasteiger partial charge is 0.378 e. The van der Waals surface area contributed by atoms with Gasteiger partial charge in [0.25, 0.3) is 0 Å². The van der Waals surface area contributed by atoms with Gasteiger partial charge in [-0.3, -0.25) is 0 Å². The van der Waals surface area contributed by atoms with Gasteiger partial charge >= 0.3 is 0 Å². The van der Waals surface area contributed by atoms with Crippen LogP contribution >= 0.6 is 0 Å². The van der Waals surface area contributed by atoms with E-state index in [0.717, 1.165) is 24.6 Å². The molecule has 2 nitrogen and oxygen atoms in total. The lowest BCUT2D eigenvalue weighted by Gasteiger charge is -2.41. The van der Waals surface area contributed by atoms with E-state index in [4.69, 9.17) is 4.74 Å². The van der Waals surface area contributed by atoms with Gasteiger partial charge in [-0.15, -0.1) is 0 Å². The molecular weight excluding hydrogens is 174 g/mol. The molecule has 4 unspecified atom stereocenters. The average molecular weight is 197 g/mol. The van der Waals surface area contributed by atoms with Crippen molar-refractivity contribution in [2.24, 2.45) is 5.92 Å². The molecule has 1 saturated heterocycles. The zero-order valence-electron chi connectivity index (χ0n) is 9.46. The number of hydrogen-bond donors (Lipinski definition) is 1. The maximum absolute atomic E-state index is 5.55. The summed E-state index contributed by atoms with van der Waals surface area (Å²) in [6, 6.07) is 1.54. The molecule has 2 rings (SSSR count). The van der Waals surface area contributed by atoms with E-state index < -0.39 is 0 Å². The molecule has 1 aliphatic heterocycles. The van der Waals surface area contributed by atoms with Crippen LogP contribution in [0.15, 0.2) is 0 Å². The van der Waals surface area contributed by atoms with Crippen molar-refractivity contribution >= 4 is 0 Å². The van der Waals surface area contributed by atoms with Crippen LogP contribution in [0.5, 0.6) is 0 Å². The van der Waals surface area contributed by atoms with Crippen LogP contribution in [0.4, 0.5) is 0 Å². The summed E-state index contributed by atoms with van der Waals surface area (Å²) >= 11 is 0. The Bertz CT molecular complexity index is 181. The van der Waals surface area contributed by atoms with E-state index in [1.54, 1.807) is 0 Å². The molecule has 0 aromatic rings. The van der Waals surface area contributed by atoms with Crippen molar-refractivity contribution in [2.45, 2.75) is 64.1 Å². The standard InChI is InChI=1S/C12H23NO/c1-3-10-4-5-12(10)13-11-6-7-14-9(2)8-11/h9-13H,3-8H2,1-2H3. The number of rotatable bonds is 3. The molecule has 4 atom stereocenters. The predicted molar refractivity (Wildman–Crippen MR) is 58.4 cm³/mol. The summed E-state index contributed by atoms with van der Waals surface area (Å²) < 4.78 is 5.55. The molecule has 1 saturated carbocycles. The fourth-order valence-corrected chi connectivity index (χ4v) is 2.73. The van der Waals surface area contributed by atoms with E-state index in [1.807, 2.05) is 0 Å². The minimum Gasteiger partial charge on any atom is -0.378 e. The fraction of sp³-hybridized carbons (Fsp3) is 1.00. The first-order valence-electron chi connectivity index (χ1n) is 6.17. The van der Waals surface area contributed by atoms with Crippen LogP contribution in [0, 0.1) is 5.92 Å². The highest BCUT2D eigenvalue weighted by Crippen LogP contribution is 2.31. The Labute approximate surface area is 87.4 Å². The van der Waals surface area contributed by atoms with Crippen molar-refractivity contribution < 1.29 is 4.74 Å². The SMILES string of the molecule is CCC1CCC1NC1CCOC(C)C1. The van der Waals surface area contributed by atoms with Crippen LogP contribution in [-0.4, -0.2) is 24.8 Å². The van der Waals surface area contributed by atoms with Crippen LogP contribution < -0.4 is 5.32 Å². The Hall–Kier alpha value is -0.0800. The topological polar surface area (TPSA) is 21.3 Å². The molecule has 1 N–H and O–H groups in total. The van der Waals surface area contributed by atoms with Gasteiger partial charge in [0, 0.05) is 18.7 Å². The molecule has 1 aliphatic carbocycles. The van der Waals surface area contributed by atoms with Crippen molar-refractivity contribution in [2.75, 3.05) is 6.61 Å². The van der Waals surface area contributed by atoms with E-state index in [1.165, 1.54) is 32.1 Å². The summed E-state index contributed by atoms with van der Waals surface area (Å²) in [6.07, 6.45) is 7.04. The summed E-state index contributed by atoms with van der Waals surface area (Å²) in [5.74, 6) is 0.952. The van der Waals surface area contributed by atoms with Crippen molar-refractivity contribution in [3.63, 3.8) is 0 Å². The van der Waals surface area contributed by atoms with Crippen LogP contribution in [0.2, 0.25) is 0 Å². The van der Waals surface area contributed by atoms with Crippen LogP contribution in [-0.2, 0) is 4.74 Å². The minimum atomic E-state index is 0.460. The van der Waals surface area contributed by atoms with Gasteiger partial charge in [0.15, 0.2) is 0 Å². The third-order valence-electron chi connectivity index (χ3n) is 3.88. The molecule has 2 heteroatoms. The van der Waals surface area contributed by atoms with E-state index in [9.17, 15) is 0 Å². The summed E-state index contributed by atoms with van der Waals surface area (Å²) in [7, 11) is 0. The number of ether oxygens (including phenoxy) is 1. The van der Waals surface area contributed by atoms with Gasteiger partial charge in [0.2, 0.25) is 0 Å². The van der Waals surface area contributed by atoms with Gasteiger partial charge in [-0.25, -0.2) is 0 Å². The second-order valence-electron chi connectivity index (χ2n) is 4.92. The third kappa shape index (κ3) is 2.29. The Morgan fingerprint density at radius 1 is 1.29 bits per heavy atom. The van der Waals surface area contributed by atoms with Crippen molar-refractivity contribution in [1.29, 1.82) is 0 Å². The number of nitrogens with one attached hydrogen (secondary N) is 1. The van der Waals surface area contributed by atoms with E-state index >= 15 is 0 Å². The van der Waals surface area contributed by atoms with E-state index in [2.05, 4.69) is 19.2 Å². The molecule has 0 amide bonds. The molecule has 0 aromatic heterocycles. The minimum absolute atomic E-state index is 0.460. The summed E-state index contributed by atoms with van der Waals surface area (Å²) in [5, 5.41) is 3.81. The number of hydrogen-bond acceptors (Lipinski definition) is 2. The molecule has 14 heavy (non-hydrogen) atoms. The fourth-order valence-electron chi connectivity index (χ4n) is 2.73. The first-order valence-corrected chi connectivity index (χ1v) is 6.17. The first-order chi connectivity index (χ1) is 6.79. The Balaban J connectivity index is 1.74. The van der Waals surface area contributed by atoms with Crippen molar-refractivity contribution in [3.8, 4) is 0 Å². The zero-order valence-corrected chi connectivity index (χ0v) is 9.46. The molecule has 0 bridgehead atoms. The molecule has 82 valence electrons. The smallest absolute Gasteiger partial charge is 0.0561 e. The van der Waals surface area contributed by atoms with Crippen molar-refractivity contribution in [1.82, 2.24) is 5.32 Å². The van der Waals surface area contributed by atoms with Crippen LogP contribution in [0.1, 0.15) is 46.0 Å². The summed E-state index contributed by atoms with van der Waals surface area (Å²) in [4.78, 5) is 0. The molecular formula is C12H23NO. The molecule has 0 spiro atoms. The van der Waals surface area contributed by atoms with Gasteiger partial charge in [-0.05, 0) is 38.5 Å². The van der Waals surface area contributed by atoms with Crippen LogP contribution in [0.3, 0.4) is 0 Å². The maximum atomic E-state index is 5.55. The Kier molecular flexibility index (Phi) is 3.45. The van der Waals surface area contributed by atoms with Gasteiger partial charge < -0.3 is 10.1 Å². The predicted octanol–water partition coefficient (Wildman–Crippen LogP) is 2.33. The highest BCUT2D eigenvalue weighted by atomic mass is 16.5. The lowest BCUT2D eigenvalue weighted by Crippen LogP contribution is -2.50. The first kappa shape index (κ1) is 10.4. The van der Waals surface area contributed by atoms with Crippen molar-refractivity contribution in [3.05, 3.63) is 0 Å². The monoisotopic (exact) mass is 197 g/mol. The lowest BCUT2D eigenvalue weighted by molar-refractivity contribution is 0.00566. The normalized spacial score (nSPS) is 43.3.